The molecule has 538 valence electrons. The minimum Gasteiger partial charge on any atom is -0.309 e. The summed E-state index contributed by atoms with van der Waals surface area (Å²) in [5, 5.41) is 19.9. The van der Waals surface area contributed by atoms with Gasteiger partial charge in [-0.1, -0.05) is 249 Å². The number of rotatable bonds is 13. The molecule has 6 heterocycles. The van der Waals surface area contributed by atoms with Gasteiger partial charge in [-0.2, -0.15) is 5.26 Å². The van der Waals surface area contributed by atoms with Crippen LogP contribution in [0.4, 0.5) is 5.69 Å². The Morgan fingerprint density at radius 2 is 0.534 bits per heavy atom. The van der Waals surface area contributed by atoms with Crippen molar-refractivity contribution in [2.75, 3.05) is 0 Å². The van der Waals surface area contributed by atoms with Crippen LogP contribution < -0.4 is 0 Å². The lowest BCUT2D eigenvalue weighted by atomic mass is 9.97. The highest BCUT2D eigenvalue weighted by atomic mass is 15.0. The molecule has 22 rings (SSSR count). The first kappa shape index (κ1) is 66.8. The van der Waals surface area contributed by atoms with Gasteiger partial charge in [0, 0.05) is 93.4 Å². The molecule has 0 atom stereocenters. The molecule has 6 aromatic heterocycles. The zero-order valence-corrected chi connectivity index (χ0v) is 62.4. The Morgan fingerprint density at radius 3 is 0.888 bits per heavy atom. The van der Waals surface area contributed by atoms with E-state index in [1.807, 2.05) is 48.5 Å². The van der Waals surface area contributed by atoms with Crippen LogP contribution >= 0.6 is 0 Å². The molecule has 0 aliphatic heterocycles. The summed E-state index contributed by atoms with van der Waals surface area (Å²) in [7, 11) is 0. The largest absolute Gasteiger partial charge is 0.309 e. The van der Waals surface area contributed by atoms with Crippen molar-refractivity contribution < 1.29 is 0 Å². The Kier molecular flexibility index (Phi) is 15.8. The van der Waals surface area contributed by atoms with Crippen LogP contribution in [-0.4, -0.2) is 38.2 Å². The smallest absolute Gasteiger partial charge is 0.188 e. The first-order valence-corrected chi connectivity index (χ1v) is 38.8. The molecule has 22 aromatic rings. The lowest BCUT2D eigenvalue weighted by Gasteiger charge is -2.19. The second-order valence-electron chi connectivity index (χ2n) is 29.5. The first-order chi connectivity index (χ1) is 57.4. The molecule has 0 saturated carbocycles. The molecule has 0 aliphatic carbocycles. The molecule has 0 bridgehead atoms. The minimum absolute atomic E-state index is 0.469. The molecule has 0 amide bonds. The van der Waals surface area contributed by atoms with Crippen LogP contribution in [0, 0.1) is 17.9 Å². The van der Waals surface area contributed by atoms with E-state index in [1.54, 1.807) is 0 Å². The van der Waals surface area contributed by atoms with E-state index in [0.29, 0.717) is 22.9 Å². The van der Waals surface area contributed by atoms with Gasteiger partial charge in [-0.15, -0.1) is 0 Å². The van der Waals surface area contributed by atoms with E-state index in [2.05, 4.69) is 369 Å². The SMILES string of the molecule is [C-]#[N+]c1ccc(-n2c3ccccc3c3cc(-c4cc(-c5nc(-c6ccccc6)cc(-c6ccccc6)n5)cc(-n5c6ccccc6c6ccccc65)c4)ccc32)c(-c2cc(C#N)ccc2-n2c3ccccc3c3cc(-c4cc(-c5nc(-c6ccccc6)cc(-c6ccccc6)n5)cc(-n5c6ccccc6c6ccccc65)c4)ccc32)c1. The van der Waals surface area contributed by atoms with Gasteiger partial charge in [-0.3, -0.25) is 0 Å². The van der Waals surface area contributed by atoms with Crippen LogP contribution in [0.1, 0.15) is 5.56 Å². The van der Waals surface area contributed by atoms with Crippen LogP contribution in [0.3, 0.4) is 0 Å². The molecule has 16 aromatic carbocycles. The van der Waals surface area contributed by atoms with E-state index in [9.17, 15) is 5.26 Å². The van der Waals surface area contributed by atoms with Gasteiger partial charge < -0.3 is 18.3 Å². The molecule has 0 saturated heterocycles. The van der Waals surface area contributed by atoms with Crippen molar-refractivity contribution in [3.05, 3.63) is 405 Å². The average molecular weight is 1480 g/mol. The van der Waals surface area contributed by atoms with Crippen molar-refractivity contribution in [1.82, 2.24) is 38.2 Å². The lowest BCUT2D eigenvalue weighted by molar-refractivity contribution is 1.16. The van der Waals surface area contributed by atoms with E-state index < -0.39 is 0 Å². The van der Waals surface area contributed by atoms with E-state index in [1.165, 1.54) is 0 Å². The standard InChI is InChI=1S/C106H64N10/c1-108-78-49-53-104(116-100-45-25-19-39-86(100)89-62-73(48-52-103(89)116)75-56-77(60-80(58-75)114-97-42-22-16-36-83(97)84-37-17-23-43-98(84)114)106-111-93(70-30-10-4-11-31-70)65-94(112-106)71-32-12-5-13-33-71)90(63-78)87-54-67(66-107)46-50-101(87)115-99-44-24-18-38-85(99)88-61-72(47-51-102(88)115)74-55-76(59-79(57-74)113-95-40-20-14-34-81(95)82-35-15-21-41-96(82)113)105-109-91(68-26-6-2-7-27-68)64-92(110-105)69-28-8-3-9-29-69/h2-65H. The van der Waals surface area contributed by atoms with Gasteiger partial charge in [0.15, 0.2) is 17.3 Å². The monoisotopic (exact) mass is 1480 g/mol. The summed E-state index contributed by atoms with van der Waals surface area (Å²) in [6, 6.07) is 139. The first-order valence-electron chi connectivity index (χ1n) is 38.8. The van der Waals surface area contributed by atoms with E-state index in [4.69, 9.17) is 26.5 Å². The van der Waals surface area contributed by atoms with Gasteiger partial charge >= 0.3 is 0 Å². The fourth-order valence-corrected chi connectivity index (χ4v) is 17.5. The summed E-state index contributed by atoms with van der Waals surface area (Å²) in [6.07, 6.45) is 0. The van der Waals surface area contributed by atoms with Gasteiger partial charge in [-0.05, 0) is 167 Å². The summed E-state index contributed by atoms with van der Waals surface area (Å²) in [6.45, 7) is 8.62. The fraction of sp³-hybridized carbons (Fsp3) is 0. The third-order valence-corrected chi connectivity index (χ3v) is 22.8. The van der Waals surface area contributed by atoms with Crippen LogP contribution in [0.2, 0.25) is 0 Å². The summed E-state index contributed by atoms with van der Waals surface area (Å²) < 4.78 is 9.41. The summed E-state index contributed by atoms with van der Waals surface area (Å²) >= 11 is 0. The number of aromatic nitrogens is 8. The average Bonchev–Trinajstić information content (AvgIpc) is 1.58. The van der Waals surface area contributed by atoms with Crippen molar-refractivity contribution in [2.24, 2.45) is 0 Å². The molecule has 10 heteroatoms. The number of nitrogens with zero attached hydrogens (tertiary/aromatic N) is 10. The van der Waals surface area contributed by atoms with Gasteiger partial charge in [0.05, 0.1) is 96.5 Å². The number of hydrogen-bond acceptors (Lipinski definition) is 5. The molecule has 116 heavy (non-hydrogen) atoms. The van der Waals surface area contributed by atoms with Gasteiger partial charge in [-0.25, -0.2) is 24.8 Å². The number of hydrogen-bond donors (Lipinski definition) is 0. The summed E-state index contributed by atoms with van der Waals surface area (Å²) in [5.74, 6) is 1.21. The van der Waals surface area contributed by atoms with Crippen molar-refractivity contribution >= 4 is 92.9 Å². The van der Waals surface area contributed by atoms with Crippen LogP contribution in [0.25, 0.3) is 216 Å². The second kappa shape index (κ2) is 27.4. The van der Waals surface area contributed by atoms with E-state index in [0.717, 1.165) is 200 Å². The Labute approximate surface area is 667 Å². The van der Waals surface area contributed by atoms with Crippen molar-refractivity contribution in [3.63, 3.8) is 0 Å². The number of benzene rings is 16. The van der Waals surface area contributed by atoms with Crippen LogP contribution in [0.5, 0.6) is 0 Å². The maximum Gasteiger partial charge on any atom is 0.188 e. The number of fused-ring (bicyclic) bond motifs is 12. The van der Waals surface area contributed by atoms with Crippen molar-refractivity contribution in [2.45, 2.75) is 0 Å². The van der Waals surface area contributed by atoms with Gasteiger partial charge in [0.25, 0.3) is 0 Å². The lowest BCUT2D eigenvalue weighted by Crippen LogP contribution is -2.02. The highest BCUT2D eigenvalue weighted by Gasteiger charge is 2.26. The molecule has 0 fully saturated rings. The number of nitriles is 1. The third kappa shape index (κ3) is 11.2. The zero-order chi connectivity index (χ0) is 76.9. The van der Waals surface area contributed by atoms with Gasteiger partial charge in [0.1, 0.15) is 0 Å². The van der Waals surface area contributed by atoms with Crippen molar-refractivity contribution in [1.29, 1.82) is 5.26 Å². The Bertz CT molecular complexity index is 7160. The van der Waals surface area contributed by atoms with E-state index in [-0.39, 0.29) is 0 Å². The van der Waals surface area contributed by atoms with Crippen LogP contribution in [0.15, 0.2) is 388 Å². The Hall–Kier alpha value is -16.1. The minimum atomic E-state index is 0.469. The highest BCUT2D eigenvalue weighted by Crippen LogP contribution is 2.47. The molecular weight excluding hydrogens is 1410 g/mol. The summed E-state index contributed by atoms with van der Waals surface area (Å²) in [5.41, 5.74) is 27.5. The number of para-hydroxylation sites is 6. The molecule has 10 nitrogen and oxygen atoms in total. The van der Waals surface area contributed by atoms with Crippen LogP contribution in [-0.2, 0) is 0 Å². The molecule has 0 radical (unpaired) electrons. The summed E-state index contributed by atoms with van der Waals surface area (Å²) in [4.78, 5) is 25.8. The Morgan fingerprint density at radius 1 is 0.233 bits per heavy atom. The predicted octanol–water partition coefficient (Wildman–Crippen LogP) is 27.1. The Balaban J connectivity index is 0.718. The topological polar surface area (TPSA) is 99.4 Å². The maximum atomic E-state index is 11.0. The zero-order valence-electron chi connectivity index (χ0n) is 62.4. The van der Waals surface area contributed by atoms with E-state index >= 15 is 0 Å². The maximum absolute atomic E-state index is 11.0. The molecular formula is C106H64N10. The second-order valence-corrected chi connectivity index (χ2v) is 29.5. The molecule has 0 spiro atoms. The molecule has 0 N–H and O–H groups in total. The van der Waals surface area contributed by atoms with Gasteiger partial charge in [0.2, 0.25) is 0 Å². The van der Waals surface area contributed by atoms with Crippen molar-refractivity contribution in [3.8, 4) is 130 Å². The highest BCUT2D eigenvalue weighted by molar-refractivity contribution is 6.15. The molecule has 0 unspecified atom stereocenters. The quantitative estimate of drug-likeness (QED) is 0.107. The predicted molar refractivity (Wildman–Crippen MR) is 475 cm³/mol. The third-order valence-electron chi connectivity index (χ3n) is 22.8. The molecule has 0 aliphatic rings. The normalized spacial score (nSPS) is 11.6. The fourth-order valence-electron chi connectivity index (χ4n) is 17.5.